The minimum atomic E-state index is -0.0427. The van der Waals surface area contributed by atoms with Gasteiger partial charge in [0.15, 0.2) is 11.2 Å². The van der Waals surface area contributed by atoms with Crippen LogP contribution >= 0.6 is 0 Å². The van der Waals surface area contributed by atoms with Gasteiger partial charge in [0.1, 0.15) is 22.5 Å². The quantitative estimate of drug-likeness (QED) is 0.168. The summed E-state index contributed by atoms with van der Waals surface area (Å²) in [6.45, 7) is 52.8. The second-order valence-electron chi connectivity index (χ2n) is 32.2. The SMILES string of the molecule is CC(C)(C)c1cc(C(C)(C)C)c2oc(-c3ccc4ccc5cccc6ccc3c4c56)nc2c1.CC(C)(C)c1cc(C(C)(C)C)c2oc(-c3ccccc3)nc2c1.CC(C)(C)c1cc(O)cc(C(C)(C)C)c1.CC(C)(C)c1cc(O)cc(C(C)(C)C)c1. The van der Waals surface area contributed by atoms with Crippen LogP contribution in [-0.2, 0) is 43.3 Å². The fourth-order valence-corrected chi connectivity index (χ4v) is 10.7. The molecule has 0 spiro atoms. The number of aromatic hydroxyl groups is 2. The third-order valence-corrected chi connectivity index (χ3v) is 16.4. The van der Waals surface area contributed by atoms with E-state index in [4.69, 9.17) is 18.8 Å². The Morgan fingerprint density at radius 2 is 0.640 bits per heavy atom. The van der Waals surface area contributed by atoms with E-state index in [9.17, 15) is 10.2 Å². The summed E-state index contributed by atoms with van der Waals surface area (Å²) >= 11 is 0. The van der Waals surface area contributed by atoms with Crippen molar-refractivity contribution in [3.05, 3.63) is 190 Å². The van der Waals surface area contributed by atoms with Crippen LogP contribution in [0.2, 0.25) is 0 Å². The molecule has 86 heavy (non-hydrogen) atoms. The molecule has 2 heterocycles. The Kier molecular flexibility index (Phi) is 17.3. The lowest BCUT2D eigenvalue weighted by Crippen LogP contribution is -2.16. The minimum Gasteiger partial charge on any atom is -0.508 e. The normalized spacial score (nSPS) is 13.0. The molecule has 0 aliphatic heterocycles. The first kappa shape index (κ1) is 64.6. The lowest BCUT2D eigenvalue weighted by molar-refractivity contribution is 0.465. The zero-order chi connectivity index (χ0) is 63.7. The van der Waals surface area contributed by atoms with Crippen molar-refractivity contribution < 1.29 is 19.0 Å². The molecule has 0 amide bonds. The van der Waals surface area contributed by atoms with Crippen molar-refractivity contribution in [1.29, 1.82) is 0 Å². The highest BCUT2D eigenvalue weighted by molar-refractivity contribution is 6.25. The number of fused-ring (bicyclic) bond motifs is 2. The van der Waals surface area contributed by atoms with Crippen LogP contribution in [0.25, 0.3) is 77.4 Å². The predicted molar refractivity (Wildman–Crippen MR) is 368 cm³/mol. The first-order valence-corrected chi connectivity index (χ1v) is 30.8. The lowest BCUT2D eigenvalue weighted by Gasteiger charge is -2.25. The number of benzene rings is 9. The molecule has 2 N–H and O–H groups in total. The lowest BCUT2D eigenvalue weighted by atomic mass is 9.80. The molecule has 11 rings (SSSR count). The molecule has 0 unspecified atom stereocenters. The fourth-order valence-electron chi connectivity index (χ4n) is 10.7. The number of rotatable bonds is 2. The Labute approximate surface area is 514 Å². The number of aromatic nitrogens is 2. The minimum absolute atomic E-state index is 0.00695. The molecule has 6 heteroatoms. The van der Waals surface area contributed by atoms with Crippen LogP contribution in [0.4, 0.5) is 0 Å². The first-order valence-electron chi connectivity index (χ1n) is 30.8. The molecule has 0 fully saturated rings. The first-order chi connectivity index (χ1) is 39.5. The third kappa shape index (κ3) is 14.5. The Bertz CT molecular complexity index is 4030. The molecule has 11 aromatic rings. The molecule has 0 aliphatic rings. The van der Waals surface area contributed by atoms with Gasteiger partial charge in [-0.3, -0.25) is 0 Å². The van der Waals surface area contributed by atoms with Crippen LogP contribution in [0.1, 0.15) is 211 Å². The maximum atomic E-state index is 9.72. The van der Waals surface area contributed by atoms with Crippen molar-refractivity contribution >= 4 is 54.5 Å². The molecule has 9 aromatic carbocycles. The number of oxazole rings is 2. The zero-order valence-electron chi connectivity index (χ0n) is 56.5. The van der Waals surface area contributed by atoms with Crippen molar-refractivity contribution in [3.63, 3.8) is 0 Å². The van der Waals surface area contributed by atoms with E-state index in [1.165, 1.54) is 76.8 Å². The number of hydrogen-bond donors (Lipinski definition) is 2. The van der Waals surface area contributed by atoms with Gasteiger partial charge >= 0.3 is 0 Å². The highest BCUT2D eigenvalue weighted by Crippen LogP contribution is 2.43. The average Bonchev–Trinajstić information content (AvgIpc) is 1.20. The van der Waals surface area contributed by atoms with Crippen LogP contribution in [0, 0.1) is 0 Å². The number of nitrogens with zero attached hydrogens (tertiary/aromatic N) is 2. The maximum Gasteiger partial charge on any atom is 0.227 e. The molecule has 452 valence electrons. The standard InChI is InChI=1S/C31H29NO.C21H25NO.2C14H22O/c1-30(2,3)21-16-24(31(4,5)6)28-25(17-21)32-29(33-28)23-15-13-20-11-10-18-8-7-9-19-12-14-22(23)27(20)26(18)19;1-20(2,3)15-12-16(21(4,5)6)18-17(13-15)22-19(23-18)14-10-8-7-9-11-14;2*1-13(2,3)10-7-11(14(4,5)6)9-12(15)8-10/h7-17H,1-6H3;7-13H,1-6H3;2*7-9,15H,1-6H3. The average molecular weight is 1150 g/mol. The summed E-state index contributed by atoms with van der Waals surface area (Å²) in [4.78, 5) is 9.81. The summed E-state index contributed by atoms with van der Waals surface area (Å²) in [7, 11) is 0. The van der Waals surface area contributed by atoms with Crippen molar-refractivity contribution in [3.8, 4) is 34.4 Å². The molecule has 0 bridgehead atoms. The van der Waals surface area contributed by atoms with Crippen molar-refractivity contribution in [2.24, 2.45) is 0 Å². The summed E-state index contributed by atoms with van der Waals surface area (Å²) in [5.74, 6) is 2.12. The molecule has 0 radical (unpaired) electrons. The van der Waals surface area contributed by atoms with Crippen LogP contribution in [0.3, 0.4) is 0 Å². The molecular weight excluding hydrogens is 1050 g/mol. The molecule has 0 aliphatic carbocycles. The van der Waals surface area contributed by atoms with E-state index in [1.807, 2.05) is 54.6 Å². The van der Waals surface area contributed by atoms with Gasteiger partial charge in [-0.15, -0.1) is 0 Å². The van der Waals surface area contributed by atoms with E-state index in [2.05, 4.69) is 257 Å². The van der Waals surface area contributed by atoms with Gasteiger partial charge in [-0.1, -0.05) is 257 Å². The Hall–Kier alpha value is -7.44. The Morgan fingerprint density at radius 3 is 1.02 bits per heavy atom. The van der Waals surface area contributed by atoms with E-state index in [1.54, 1.807) is 0 Å². The van der Waals surface area contributed by atoms with Gasteiger partial charge < -0.3 is 19.0 Å². The van der Waals surface area contributed by atoms with E-state index in [0.717, 1.165) is 33.3 Å². The Balaban J connectivity index is 0.000000159. The molecule has 0 saturated heterocycles. The summed E-state index contributed by atoms with van der Waals surface area (Å²) in [5.41, 5.74) is 15.9. The van der Waals surface area contributed by atoms with Gasteiger partial charge in [-0.05, 0) is 164 Å². The van der Waals surface area contributed by atoms with Crippen molar-refractivity contribution in [2.45, 2.75) is 209 Å². The van der Waals surface area contributed by atoms with Gasteiger partial charge in [-0.25, -0.2) is 9.97 Å². The van der Waals surface area contributed by atoms with E-state index in [0.29, 0.717) is 23.3 Å². The molecule has 0 saturated carbocycles. The summed E-state index contributed by atoms with van der Waals surface area (Å²) in [5, 5.41) is 27.0. The smallest absolute Gasteiger partial charge is 0.227 e. The van der Waals surface area contributed by atoms with Gasteiger partial charge in [-0.2, -0.15) is 0 Å². The molecule has 6 nitrogen and oxygen atoms in total. The number of phenolic OH excluding ortho intramolecular Hbond substituents is 2. The van der Waals surface area contributed by atoms with E-state index >= 15 is 0 Å². The second-order valence-corrected chi connectivity index (χ2v) is 32.2. The monoisotopic (exact) mass is 1150 g/mol. The maximum absolute atomic E-state index is 9.72. The third-order valence-electron chi connectivity index (χ3n) is 16.4. The summed E-state index contributed by atoms with van der Waals surface area (Å²) in [6, 6.07) is 50.6. The van der Waals surface area contributed by atoms with E-state index < -0.39 is 0 Å². The van der Waals surface area contributed by atoms with Crippen LogP contribution in [0.5, 0.6) is 11.5 Å². The van der Waals surface area contributed by atoms with Gasteiger partial charge in [0.05, 0.1) is 0 Å². The predicted octanol–water partition coefficient (Wildman–Crippen LogP) is 23.1. The summed E-state index contributed by atoms with van der Waals surface area (Å²) < 4.78 is 12.7. The fraction of sp³-hybridized carbons (Fsp3) is 0.400. The van der Waals surface area contributed by atoms with Crippen LogP contribution in [-0.4, -0.2) is 20.2 Å². The Morgan fingerprint density at radius 1 is 0.302 bits per heavy atom. The van der Waals surface area contributed by atoms with Gasteiger partial charge in [0, 0.05) is 22.3 Å². The van der Waals surface area contributed by atoms with Gasteiger partial charge in [0.25, 0.3) is 0 Å². The largest absolute Gasteiger partial charge is 0.508 e. The summed E-state index contributed by atoms with van der Waals surface area (Å²) in [6.07, 6.45) is 0. The van der Waals surface area contributed by atoms with Crippen LogP contribution < -0.4 is 0 Å². The van der Waals surface area contributed by atoms with Crippen LogP contribution in [0.15, 0.2) is 154 Å². The highest BCUT2D eigenvalue weighted by atomic mass is 16.4. The number of hydrogen-bond acceptors (Lipinski definition) is 6. The number of phenols is 2. The van der Waals surface area contributed by atoms with Crippen molar-refractivity contribution in [2.75, 3.05) is 0 Å². The second kappa shape index (κ2) is 23.0. The highest BCUT2D eigenvalue weighted by Gasteiger charge is 2.29. The van der Waals surface area contributed by atoms with E-state index in [-0.39, 0.29) is 43.3 Å². The van der Waals surface area contributed by atoms with Gasteiger partial charge in [0.2, 0.25) is 11.8 Å². The topological polar surface area (TPSA) is 92.5 Å². The molecule has 2 aromatic heterocycles. The molecule has 0 atom stereocenters. The molecular formula is C80H98N2O4. The van der Waals surface area contributed by atoms with Crippen molar-refractivity contribution in [1.82, 2.24) is 9.97 Å². The zero-order valence-corrected chi connectivity index (χ0v) is 56.5.